The molecule has 0 atom stereocenters. The van der Waals surface area contributed by atoms with Gasteiger partial charge in [0.1, 0.15) is 0 Å². The van der Waals surface area contributed by atoms with Crippen LogP contribution < -0.4 is 4.90 Å². The van der Waals surface area contributed by atoms with E-state index in [-0.39, 0.29) is 10.6 Å². The monoisotopic (exact) mass is 412 g/mol. The minimum Gasteiger partial charge on any atom is -0.370 e. The molecular weight excluding hydrogens is 400 g/mol. The van der Waals surface area contributed by atoms with E-state index < -0.39 is 0 Å². The lowest BCUT2D eigenvalue weighted by Gasteiger charge is -2.20. The summed E-state index contributed by atoms with van der Waals surface area (Å²) in [7, 11) is 1.97. The molecule has 0 heterocycles. The molecule has 0 fully saturated rings. The zero-order valence-electron chi connectivity index (χ0n) is 11.4. The van der Waals surface area contributed by atoms with Gasteiger partial charge in [0, 0.05) is 40.7 Å². The lowest BCUT2D eigenvalue weighted by molar-refractivity contribution is -0.385. The van der Waals surface area contributed by atoms with Gasteiger partial charge in [-0.1, -0.05) is 44.0 Å². The Morgan fingerprint density at radius 1 is 1.24 bits per heavy atom. The number of halogens is 2. The maximum Gasteiger partial charge on any atom is 0.273 e. The molecule has 21 heavy (non-hydrogen) atoms. The van der Waals surface area contributed by atoms with Crippen molar-refractivity contribution in [2.45, 2.75) is 11.9 Å². The zero-order chi connectivity index (χ0) is 15.4. The molecule has 0 radical (unpaired) electrons. The molecule has 0 N–H and O–H groups in total. The van der Waals surface area contributed by atoms with E-state index in [1.54, 1.807) is 12.1 Å². The number of alkyl halides is 1. The van der Waals surface area contributed by atoms with E-state index in [4.69, 9.17) is 0 Å². The van der Waals surface area contributed by atoms with Crippen LogP contribution in [0, 0.1) is 10.1 Å². The Labute approximate surface area is 140 Å². The summed E-state index contributed by atoms with van der Waals surface area (Å²) < 4.78 is 1.04. The van der Waals surface area contributed by atoms with Gasteiger partial charge in [0.05, 0.1) is 4.92 Å². The summed E-state index contributed by atoms with van der Waals surface area (Å²) in [5, 5.41) is 11.4. The van der Waals surface area contributed by atoms with Gasteiger partial charge >= 0.3 is 0 Å². The maximum absolute atomic E-state index is 11.0. The molecule has 6 heteroatoms. The Bertz CT molecular complexity index is 662. The third-order valence-electron chi connectivity index (χ3n) is 3.15. The summed E-state index contributed by atoms with van der Waals surface area (Å²) >= 11 is 6.76. The second-order valence-corrected chi connectivity index (χ2v) is 6.17. The SMILES string of the molecule is CN(Cc1cccc(Br)c1)c1ccc([N+](=O)[O-])c(CBr)c1. The molecule has 0 amide bonds. The van der Waals surface area contributed by atoms with Crippen LogP contribution in [-0.4, -0.2) is 12.0 Å². The predicted octanol–water partition coefficient (Wildman–Crippen LogP) is 4.89. The van der Waals surface area contributed by atoms with Crippen LogP contribution in [0.4, 0.5) is 11.4 Å². The van der Waals surface area contributed by atoms with Crippen molar-refractivity contribution in [3.8, 4) is 0 Å². The Hall–Kier alpha value is -1.40. The normalized spacial score (nSPS) is 10.4. The molecule has 0 aliphatic carbocycles. The quantitative estimate of drug-likeness (QED) is 0.398. The van der Waals surface area contributed by atoms with Crippen molar-refractivity contribution in [1.82, 2.24) is 0 Å². The van der Waals surface area contributed by atoms with Crippen LogP contribution in [-0.2, 0) is 11.9 Å². The first kappa shape index (κ1) is 16.0. The van der Waals surface area contributed by atoms with E-state index >= 15 is 0 Å². The van der Waals surface area contributed by atoms with Gasteiger partial charge in [-0.05, 0) is 29.8 Å². The van der Waals surface area contributed by atoms with Crippen LogP contribution >= 0.6 is 31.9 Å². The van der Waals surface area contributed by atoms with Crippen LogP contribution in [0.15, 0.2) is 46.9 Å². The Morgan fingerprint density at radius 3 is 2.62 bits per heavy atom. The highest BCUT2D eigenvalue weighted by Gasteiger charge is 2.14. The largest absolute Gasteiger partial charge is 0.370 e. The second-order valence-electron chi connectivity index (χ2n) is 4.69. The first-order valence-corrected chi connectivity index (χ1v) is 8.21. The van der Waals surface area contributed by atoms with Gasteiger partial charge in [0.2, 0.25) is 0 Å². The minimum absolute atomic E-state index is 0.145. The van der Waals surface area contributed by atoms with E-state index in [9.17, 15) is 10.1 Å². The number of nitrogens with zero attached hydrogens (tertiary/aromatic N) is 2. The maximum atomic E-state index is 11.0. The number of anilines is 1. The molecule has 0 saturated heterocycles. The van der Waals surface area contributed by atoms with Crippen molar-refractivity contribution in [1.29, 1.82) is 0 Å². The van der Waals surface area contributed by atoms with E-state index in [1.807, 2.05) is 25.2 Å². The molecule has 0 saturated carbocycles. The third-order valence-corrected chi connectivity index (χ3v) is 4.25. The second kappa shape index (κ2) is 7.04. The molecule has 0 aliphatic heterocycles. The summed E-state index contributed by atoms with van der Waals surface area (Å²) in [6.45, 7) is 0.735. The predicted molar refractivity (Wildman–Crippen MR) is 92.0 cm³/mol. The van der Waals surface area contributed by atoms with Gasteiger partial charge in [0.15, 0.2) is 0 Å². The first-order valence-electron chi connectivity index (χ1n) is 6.30. The molecule has 2 aromatic rings. The van der Waals surface area contributed by atoms with Crippen LogP contribution in [0.3, 0.4) is 0 Å². The lowest BCUT2D eigenvalue weighted by atomic mass is 10.1. The van der Waals surface area contributed by atoms with Gasteiger partial charge in [-0.3, -0.25) is 10.1 Å². The number of nitro benzene ring substituents is 1. The standard InChI is InChI=1S/C15H14Br2N2O2/c1-18(10-11-3-2-4-13(17)7-11)14-5-6-15(19(20)21)12(8-14)9-16/h2-8H,9-10H2,1H3. The lowest BCUT2D eigenvalue weighted by Crippen LogP contribution is -2.16. The Morgan fingerprint density at radius 2 is 2.00 bits per heavy atom. The summed E-state index contributed by atoms with van der Waals surface area (Å²) in [6.07, 6.45) is 0. The number of benzene rings is 2. The van der Waals surface area contributed by atoms with E-state index in [2.05, 4.69) is 48.9 Å². The van der Waals surface area contributed by atoms with Crippen LogP contribution in [0.1, 0.15) is 11.1 Å². The molecule has 0 aliphatic rings. The van der Waals surface area contributed by atoms with Crippen molar-refractivity contribution in [3.63, 3.8) is 0 Å². The van der Waals surface area contributed by atoms with E-state index in [0.29, 0.717) is 10.9 Å². The summed E-state index contributed by atoms with van der Waals surface area (Å²) in [5.41, 5.74) is 2.95. The van der Waals surface area contributed by atoms with E-state index in [1.165, 1.54) is 5.56 Å². The molecule has 4 nitrogen and oxygen atoms in total. The summed E-state index contributed by atoms with van der Waals surface area (Å²) in [5.74, 6) is 0. The van der Waals surface area contributed by atoms with Crippen molar-refractivity contribution < 1.29 is 4.92 Å². The molecule has 110 valence electrons. The highest BCUT2D eigenvalue weighted by Crippen LogP contribution is 2.27. The average molecular weight is 414 g/mol. The van der Waals surface area contributed by atoms with Crippen molar-refractivity contribution in [2.24, 2.45) is 0 Å². The number of rotatable bonds is 5. The Kier molecular flexibility index (Phi) is 5.36. The Balaban J connectivity index is 2.23. The van der Waals surface area contributed by atoms with Crippen molar-refractivity contribution >= 4 is 43.2 Å². The van der Waals surface area contributed by atoms with Gasteiger partial charge < -0.3 is 4.90 Å². The number of hydrogen-bond donors (Lipinski definition) is 0. The molecular formula is C15H14Br2N2O2. The summed E-state index contributed by atoms with van der Waals surface area (Å²) in [6, 6.07) is 13.3. The fourth-order valence-corrected chi connectivity index (χ4v) is 2.99. The number of hydrogen-bond acceptors (Lipinski definition) is 3. The van der Waals surface area contributed by atoms with Gasteiger partial charge in [-0.15, -0.1) is 0 Å². The number of nitro groups is 1. The highest BCUT2D eigenvalue weighted by molar-refractivity contribution is 9.10. The molecule has 0 spiro atoms. The van der Waals surface area contributed by atoms with Gasteiger partial charge in [-0.25, -0.2) is 0 Å². The minimum atomic E-state index is -0.352. The topological polar surface area (TPSA) is 46.4 Å². The van der Waals surface area contributed by atoms with Crippen LogP contribution in [0.25, 0.3) is 0 Å². The fourth-order valence-electron chi connectivity index (χ4n) is 2.09. The van der Waals surface area contributed by atoms with Crippen molar-refractivity contribution in [2.75, 3.05) is 11.9 Å². The third kappa shape index (κ3) is 4.04. The van der Waals surface area contributed by atoms with Gasteiger partial charge in [0.25, 0.3) is 5.69 Å². The molecule has 0 aromatic heterocycles. The molecule has 2 rings (SSSR count). The van der Waals surface area contributed by atoms with Crippen molar-refractivity contribution in [3.05, 3.63) is 68.2 Å². The molecule has 0 unspecified atom stereocenters. The fraction of sp³-hybridized carbons (Fsp3) is 0.200. The van der Waals surface area contributed by atoms with Crippen LogP contribution in [0.5, 0.6) is 0 Å². The highest BCUT2D eigenvalue weighted by atomic mass is 79.9. The van der Waals surface area contributed by atoms with E-state index in [0.717, 1.165) is 16.7 Å². The zero-order valence-corrected chi connectivity index (χ0v) is 14.6. The average Bonchev–Trinajstić information content (AvgIpc) is 2.46. The first-order chi connectivity index (χ1) is 10.0. The van der Waals surface area contributed by atoms with Crippen LogP contribution in [0.2, 0.25) is 0 Å². The summed E-state index contributed by atoms with van der Waals surface area (Å²) in [4.78, 5) is 12.7. The van der Waals surface area contributed by atoms with Gasteiger partial charge in [-0.2, -0.15) is 0 Å². The smallest absolute Gasteiger partial charge is 0.273 e. The molecule has 2 aromatic carbocycles. The molecule has 0 bridgehead atoms.